The summed E-state index contributed by atoms with van der Waals surface area (Å²) in [5.74, 6) is -1.52. The van der Waals surface area contributed by atoms with Gasteiger partial charge in [0.25, 0.3) is 5.91 Å². The van der Waals surface area contributed by atoms with E-state index in [4.69, 9.17) is 9.47 Å². The number of rotatable bonds is 10. The maximum absolute atomic E-state index is 12.6. The van der Waals surface area contributed by atoms with Crippen molar-refractivity contribution >= 4 is 39.6 Å². The smallest absolute Gasteiger partial charge is 0.313 e. The molecule has 0 unspecified atom stereocenters. The van der Waals surface area contributed by atoms with Gasteiger partial charge in [0.05, 0.1) is 18.8 Å². The molecule has 168 valence electrons. The SMILES string of the molecule is O=C(CC(=O)c1ccsc1NC(=O)c1cn2ccccc2n1)OCCOCc1ccccc1. The first-order chi connectivity index (χ1) is 16.1. The number of aromatic nitrogens is 2. The fourth-order valence-corrected chi connectivity index (χ4v) is 3.89. The van der Waals surface area contributed by atoms with Gasteiger partial charge >= 0.3 is 5.97 Å². The third kappa shape index (κ3) is 5.91. The third-order valence-electron chi connectivity index (χ3n) is 4.70. The van der Waals surface area contributed by atoms with E-state index < -0.39 is 24.1 Å². The van der Waals surface area contributed by atoms with Crippen molar-refractivity contribution in [1.82, 2.24) is 9.38 Å². The number of hydrogen-bond acceptors (Lipinski definition) is 7. The van der Waals surface area contributed by atoms with Crippen LogP contribution in [0.3, 0.4) is 0 Å². The molecule has 1 amide bonds. The van der Waals surface area contributed by atoms with E-state index in [1.165, 1.54) is 11.3 Å². The van der Waals surface area contributed by atoms with Crippen LogP contribution in [0.1, 0.15) is 32.8 Å². The van der Waals surface area contributed by atoms with Gasteiger partial charge in [-0.25, -0.2) is 4.98 Å². The fourth-order valence-electron chi connectivity index (χ4n) is 3.09. The number of hydrogen-bond donors (Lipinski definition) is 1. The molecule has 1 aromatic carbocycles. The van der Waals surface area contributed by atoms with Crippen LogP contribution in [-0.4, -0.2) is 40.3 Å². The summed E-state index contributed by atoms with van der Waals surface area (Å²) >= 11 is 1.20. The zero-order valence-electron chi connectivity index (χ0n) is 17.6. The largest absolute Gasteiger partial charge is 0.463 e. The van der Waals surface area contributed by atoms with Crippen molar-refractivity contribution in [3.63, 3.8) is 0 Å². The van der Waals surface area contributed by atoms with E-state index in [1.54, 1.807) is 34.3 Å². The highest BCUT2D eigenvalue weighted by atomic mass is 32.1. The molecule has 0 fully saturated rings. The molecule has 0 atom stereocenters. The van der Waals surface area contributed by atoms with Crippen LogP contribution in [0.2, 0.25) is 0 Å². The molecule has 0 radical (unpaired) electrons. The second-order valence-electron chi connectivity index (χ2n) is 7.07. The highest BCUT2D eigenvalue weighted by molar-refractivity contribution is 7.14. The lowest BCUT2D eigenvalue weighted by Gasteiger charge is -2.07. The molecular weight excluding hydrogens is 442 g/mol. The number of ketones is 1. The highest BCUT2D eigenvalue weighted by Gasteiger charge is 2.20. The van der Waals surface area contributed by atoms with Crippen LogP contribution < -0.4 is 5.32 Å². The number of ether oxygens (including phenoxy) is 2. The van der Waals surface area contributed by atoms with E-state index in [1.807, 2.05) is 42.5 Å². The lowest BCUT2D eigenvalue weighted by atomic mass is 10.1. The third-order valence-corrected chi connectivity index (χ3v) is 5.53. The Kier molecular flexibility index (Phi) is 7.23. The molecule has 4 aromatic rings. The molecule has 0 aliphatic rings. The van der Waals surface area contributed by atoms with Gasteiger partial charge in [-0.3, -0.25) is 14.4 Å². The molecule has 0 aliphatic heterocycles. The Morgan fingerprint density at radius 1 is 1.00 bits per heavy atom. The summed E-state index contributed by atoms with van der Waals surface area (Å²) in [6.07, 6.45) is 2.97. The first kappa shape index (κ1) is 22.4. The molecule has 8 nitrogen and oxygen atoms in total. The quantitative estimate of drug-likeness (QED) is 0.165. The summed E-state index contributed by atoms with van der Waals surface area (Å²) in [4.78, 5) is 41.5. The second kappa shape index (κ2) is 10.7. The molecule has 4 rings (SSSR count). The van der Waals surface area contributed by atoms with Crippen molar-refractivity contribution in [3.05, 3.63) is 89.2 Å². The topological polar surface area (TPSA) is 99.0 Å². The number of carbonyl (C=O) groups is 3. The number of Topliss-reactive ketones (excluding diaryl/α,β-unsaturated/α-hetero) is 1. The minimum atomic E-state index is -0.646. The maximum atomic E-state index is 12.6. The van der Waals surface area contributed by atoms with Crippen LogP contribution in [0.4, 0.5) is 5.00 Å². The maximum Gasteiger partial charge on any atom is 0.313 e. The van der Waals surface area contributed by atoms with Gasteiger partial charge in [-0.05, 0) is 29.1 Å². The molecule has 0 saturated heterocycles. The average Bonchev–Trinajstić information content (AvgIpc) is 3.46. The van der Waals surface area contributed by atoms with Crippen molar-refractivity contribution in [3.8, 4) is 0 Å². The van der Waals surface area contributed by atoms with Gasteiger partial charge in [0.1, 0.15) is 29.4 Å². The van der Waals surface area contributed by atoms with Crippen molar-refractivity contribution in [2.45, 2.75) is 13.0 Å². The van der Waals surface area contributed by atoms with Crippen LogP contribution in [0, 0.1) is 0 Å². The van der Waals surface area contributed by atoms with Crippen molar-refractivity contribution in [1.29, 1.82) is 0 Å². The molecule has 3 heterocycles. The van der Waals surface area contributed by atoms with E-state index in [2.05, 4.69) is 10.3 Å². The van der Waals surface area contributed by atoms with Crippen LogP contribution >= 0.6 is 11.3 Å². The number of benzene rings is 1. The molecular formula is C24H21N3O5S. The van der Waals surface area contributed by atoms with Gasteiger partial charge < -0.3 is 19.2 Å². The number of thiophene rings is 1. The van der Waals surface area contributed by atoms with Gasteiger partial charge in [0.2, 0.25) is 0 Å². The number of pyridine rings is 1. The molecule has 0 bridgehead atoms. The number of amides is 1. The minimum absolute atomic E-state index is 0.0556. The fraction of sp³-hybridized carbons (Fsp3) is 0.167. The normalized spacial score (nSPS) is 10.8. The van der Waals surface area contributed by atoms with Crippen molar-refractivity contribution in [2.24, 2.45) is 0 Å². The number of nitrogens with zero attached hydrogens (tertiary/aromatic N) is 2. The van der Waals surface area contributed by atoms with Gasteiger partial charge in [0.15, 0.2) is 5.78 Å². The van der Waals surface area contributed by atoms with Crippen LogP contribution in [0.5, 0.6) is 0 Å². The lowest BCUT2D eigenvalue weighted by Crippen LogP contribution is -2.17. The van der Waals surface area contributed by atoms with Gasteiger partial charge in [-0.2, -0.15) is 0 Å². The van der Waals surface area contributed by atoms with Gasteiger partial charge in [-0.15, -0.1) is 11.3 Å². The van der Waals surface area contributed by atoms with E-state index >= 15 is 0 Å². The van der Waals surface area contributed by atoms with Crippen molar-refractivity contribution < 1.29 is 23.9 Å². The number of anilines is 1. The van der Waals surface area contributed by atoms with Crippen molar-refractivity contribution in [2.75, 3.05) is 18.5 Å². The molecule has 1 N–H and O–H groups in total. The highest BCUT2D eigenvalue weighted by Crippen LogP contribution is 2.25. The summed E-state index contributed by atoms with van der Waals surface area (Å²) in [6, 6.07) is 16.7. The Balaban J connectivity index is 1.25. The summed E-state index contributed by atoms with van der Waals surface area (Å²) < 4.78 is 12.3. The minimum Gasteiger partial charge on any atom is -0.463 e. The summed E-state index contributed by atoms with van der Waals surface area (Å²) in [5, 5.41) is 4.75. The zero-order chi connectivity index (χ0) is 23.0. The summed E-state index contributed by atoms with van der Waals surface area (Å²) in [5.41, 5.74) is 2.15. The predicted octanol–water partition coefficient (Wildman–Crippen LogP) is 3.98. The van der Waals surface area contributed by atoms with E-state index in [0.29, 0.717) is 17.3 Å². The van der Waals surface area contributed by atoms with Crippen LogP contribution in [0.15, 0.2) is 72.4 Å². The second-order valence-corrected chi connectivity index (χ2v) is 7.98. The van der Waals surface area contributed by atoms with E-state index in [0.717, 1.165) is 5.56 Å². The van der Waals surface area contributed by atoms with Crippen LogP contribution in [-0.2, 0) is 20.9 Å². The Morgan fingerprint density at radius 3 is 2.64 bits per heavy atom. The van der Waals surface area contributed by atoms with Gasteiger partial charge in [0, 0.05) is 12.4 Å². The van der Waals surface area contributed by atoms with E-state index in [9.17, 15) is 14.4 Å². The molecule has 0 saturated carbocycles. The number of carbonyl (C=O) groups excluding carboxylic acids is 3. The summed E-state index contributed by atoms with van der Waals surface area (Å²) in [6.45, 7) is 0.704. The molecule has 9 heteroatoms. The Hall–Kier alpha value is -3.82. The molecule has 33 heavy (non-hydrogen) atoms. The van der Waals surface area contributed by atoms with E-state index in [-0.39, 0.29) is 24.5 Å². The predicted molar refractivity (Wildman–Crippen MR) is 123 cm³/mol. The molecule has 0 aliphatic carbocycles. The number of imidazole rings is 1. The Labute approximate surface area is 193 Å². The van der Waals surface area contributed by atoms with Crippen LogP contribution in [0.25, 0.3) is 5.65 Å². The lowest BCUT2D eigenvalue weighted by molar-refractivity contribution is -0.144. The average molecular weight is 464 g/mol. The molecule has 0 spiro atoms. The Morgan fingerprint density at radius 2 is 1.82 bits per heavy atom. The van der Waals surface area contributed by atoms with Gasteiger partial charge in [-0.1, -0.05) is 36.4 Å². The zero-order valence-corrected chi connectivity index (χ0v) is 18.4. The molecule has 3 aromatic heterocycles. The number of fused-ring (bicyclic) bond motifs is 1. The number of esters is 1. The standard InChI is InChI=1S/C24H21N3O5S/c28-20(14-22(29)32-12-11-31-16-17-6-2-1-3-7-17)18-9-13-33-24(18)26-23(30)19-15-27-10-5-4-8-21(27)25-19/h1-10,13,15H,11-12,14,16H2,(H,26,30). The summed E-state index contributed by atoms with van der Waals surface area (Å²) in [7, 11) is 0. The first-order valence-electron chi connectivity index (χ1n) is 10.2. The monoisotopic (exact) mass is 463 g/mol. The Bertz CT molecular complexity index is 1230. The number of nitrogens with one attached hydrogen (secondary N) is 1. The first-order valence-corrected chi connectivity index (χ1v) is 11.1.